The first-order chi connectivity index (χ1) is 16.6. The summed E-state index contributed by atoms with van der Waals surface area (Å²) < 4.78 is 0. The van der Waals surface area contributed by atoms with Gasteiger partial charge >= 0.3 is 5.97 Å². The number of aliphatic hydroxyl groups is 1. The highest BCUT2D eigenvalue weighted by atomic mass is 32.2. The summed E-state index contributed by atoms with van der Waals surface area (Å²) in [6.07, 6.45) is 1.91. The lowest BCUT2D eigenvalue weighted by molar-refractivity contribution is -0.142. The number of hydrogen-bond donors (Lipinski definition) is 7. The molecule has 9 N–H and O–H groups in total. The summed E-state index contributed by atoms with van der Waals surface area (Å²) in [5.41, 5.74) is 11.5. The van der Waals surface area contributed by atoms with Crippen molar-refractivity contribution in [2.24, 2.45) is 11.5 Å². The Kier molecular flexibility index (Phi) is 13.4. The van der Waals surface area contributed by atoms with Crippen molar-refractivity contribution in [2.75, 3.05) is 18.6 Å². The Morgan fingerprint density at radius 2 is 1.49 bits per heavy atom. The van der Waals surface area contributed by atoms with Gasteiger partial charge in [-0.25, -0.2) is 4.79 Å². The summed E-state index contributed by atoms with van der Waals surface area (Å²) in [7, 11) is 0. The van der Waals surface area contributed by atoms with Crippen LogP contribution in [0.25, 0.3) is 0 Å². The number of carboxylic acid groups (broad SMARTS) is 1. The van der Waals surface area contributed by atoms with E-state index in [0.717, 1.165) is 0 Å². The van der Waals surface area contributed by atoms with Gasteiger partial charge in [0.15, 0.2) is 0 Å². The van der Waals surface area contributed by atoms with Crippen LogP contribution < -0.4 is 27.4 Å². The fourth-order valence-corrected chi connectivity index (χ4v) is 3.47. The van der Waals surface area contributed by atoms with E-state index in [2.05, 4.69) is 16.0 Å². The molecule has 4 atom stereocenters. The average Bonchev–Trinajstić information content (AvgIpc) is 2.83. The van der Waals surface area contributed by atoms with Crippen molar-refractivity contribution >= 4 is 41.4 Å². The van der Waals surface area contributed by atoms with Crippen molar-refractivity contribution in [3.05, 3.63) is 35.9 Å². The van der Waals surface area contributed by atoms with E-state index in [1.165, 1.54) is 11.8 Å². The third-order valence-electron chi connectivity index (χ3n) is 4.99. The largest absolute Gasteiger partial charge is 0.480 e. The molecular weight excluding hydrogens is 478 g/mol. The molecule has 0 fully saturated rings. The molecule has 12 nitrogen and oxygen atoms in total. The van der Waals surface area contributed by atoms with Gasteiger partial charge in [0.2, 0.25) is 23.6 Å². The monoisotopic (exact) mass is 511 g/mol. The highest BCUT2D eigenvalue weighted by Gasteiger charge is 2.30. The van der Waals surface area contributed by atoms with Crippen LogP contribution in [0.2, 0.25) is 0 Å². The molecule has 0 saturated heterocycles. The number of carbonyl (C=O) groups excluding carboxylic acids is 4. The summed E-state index contributed by atoms with van der Waals surface area (Å²) >= 11 is 1.42. The zero-order valence-electron chi connectivity index (χ0n) is 19.4. The highest BCUT2D eigenvalue weighted by molar-refractivity contribution is 7.98. The second kappa shape index (κ2) is 15.7. The van der Waals surface area contributed by atoms with Crippen LogP contribution in [0.15, 0.2) is 30.3 Å². The van der Waals surface area contributed by atoms with Crippen LogP contribution in [0.1, 0.15) is 24.8 Å². The predicted molar refractivity (Wildman–Crippen MR) is 130 cm³/mol. The molecule has 4 amide bonds. The Hall–Kier alpha value is -3.16. The Bertz CT molecular complexity index is 871. The Morgan fingerprint density at radius 1 is 0.914 bits per heavy atom. The molecule has 0 spiro atoms. The SMILES string of the molecule is CSCCC(NC(=O)C(N)CCC(N)=O)C(=O)NC(CO)C(=O)NC(Cc1ccccc1)C(=O)O. The highest BCUT2D eigenvalue weighted by Crippen LogP contribution is 2.06. The van der Waals surface area contributed by atoms with E-state index >= 15 is 0 Å². The number of rotatable bonds is 16. The lowest BCUT2D eigenvalue weighted by Gasteiger charge is -2.24. The van der Waals surface area contributed by atoms with Crippen LogP contribution in [0.4, 0.5) is 0 Å². The van der Waals surface area contributed by atoms with Crippen LogP contribution in [0.5, 0.6) is 0 Å². The van der Waals surface area contributed by atoms with Crippen LogP contribution in [-0.2, 0) is 30.4 Å². The smallest absolute Gasteiger partial charge is 0.326 e. The van der Waals surface area contributed by atoms with E-state index in [1.54, 1.807) is 36.6 Å². The summed E-state index contributed by atoms with van der Waals surface area (Å²) in [5, 5.41) is 26.3. The fourth-order valence-electron chi connectivity index (χ4n) is 3.00. The maximum atomic E-state index is 12.8. The molecule has 4 unspecified atom stereocenters. The van der Waals surface area contributed by atoms with Gasteiger partial charge in [-0.15, -0.1) is 0 Å². The molecule has 1 rings (SSSR count). The van der Waals surface area contributed by atoms with Gasteiger partial charge in [0.05, 0.1) is 12.6 Å². The van der Waals surface area contributed by atoms with Crippen molar-refractivity contribution < 1.29 is 34.2 Å². The molecule has 0 aliphatic carbocycles. The van der Waals surface area contributed by atoms with Gasteiger partial charge in [-0.2, -0.15) is 11.8 Å². The zero-order chi connectivity index (χ0) is 26.4. The van der Waals surface area contributed by atoms with E-state index in [0.29, 0.717) is 11.3 Å². The molecular formula is C22H33N5O7S. The van der Waals surface area contributed by atoms with Crippen LogP contribution in [-0.4, -0.2) is 82.6 Å². The minimum atomic E-state index is -1.45. The van der Waals surface area contributed by atoms with Crippen molar-refractivity contribution in [1.29, 1.82) is 0 Å². The van der Waals surface area contributed by atoms with Gasteiger partial charge in [0.25, 0.3) is 0 Å². The molecule has 0 bridgehead atoms. The molecule has 0 saturated carbocycles. The van der Waals surface area contributed by atoms with E-state index in [9.17, 15) is 34.2 Å². The topological polar surface area (TPSA) is 214 Å². The molecule has 0 aliphatic rings. The second-order valence-electron chi connectivity index (χ2n) is 7.79. The normalized spacial score (nSPS) is 14.1. The van der Waals surface area contributed by atoms with Crippen molar-refractivity contribution in [1.82, 2.24) is 16.0 Å². The standard InChI is InChI=1S/C22H33N5O7S/c1-35-10-9-15(25-19(30)14(23)7-8-18(24)29)20(31)27-17(12-28)21(32)26-16(22(33)34)11-13-5-3-2-4-6-13/h2-6,14-17,28H,7-12,23H2,1H3,(H2,24,29)(H,25,30)(H,26,32)(H,27,31)(H,33,34). The van der Waals surface area contributed by atoms with E-state index in [4.69, 9.17) is 11.5 Å². The fraction of sp³-hybridized carbons (Fsp3) is 0.500. The van der Waals surface area contributed by atoms with Crippen LogP contribution >= 0.6 is 11.8 Å². The van der Waals surface area contributed by atoms with Gasteiger partial charge in [0.1, 0.15) is 18.1 Å². The summed E-state index contributed by atoms with van der Waals surface area (Å²) in [6, 6.07) is 3.77. The Balaban J connectivity index is 2.82. The molecule has 1 aromatic carbocycles. The zero-order valence-corrected chi connectivity index (χ0v) is 20.3. The number of hydrogen-bond acceptors (Lipinski definition) is 8. The van der Waals surface area contributed by atoms with Gasteiger partial charge in [0, 0.05) is 12.8 Å². The number of nitrogens with two attached hydrogens (primary N) is 2. The number of aliphatic carboxylic acids is 1. The Morgan fingerprint density at radius 3 is 2.03 bits per heavy atom. The van der Waals surface area contributed by atoms with Crippen LogP contribution in [0.3, 0.4) is 0 Å². The summed E-state index contributed by atoms with van der Waals surface area (Å²) in [5.74, 6) is -3.72. The van der Waals surface area contributed by atoms with Crippen molar-refractivity contribution in [3.63, 3.8) is 0 Å². The maximum absolute atomic E-state index is 12.8. The lowest BCUT2D eigenvalue weighted by Crippen LogP contribution is -2.58. The first-order valence-electron chi connectivity index (χ1n) is 10.9. The van der Waals surface area contributed by atoms with Gasteiger partial charge < -0.3 is 37.6 Å². The number of carbonyl (C=O) groups is 5. The molecule has 194 valence electrons. The number of carboxylic acids is 1. The number of benzene rings is 1. The first-order valence-corrected chi connectivity index (χ1v) is 12.3. The third-order valence-corrected chi connectivity index (χ3v) is 5.64. The minimum absolute atomic E-state index is 0.00229. The van der Waals surface area contributed by atoms with Gasteiger partial charge in [-0.05, 0) is 30.4 Å². The summed E-state index contributed by atoms with van der Waals surface area (Å²) in [6.45, 7) is -0.795. The molecule has 0 heterocycles. The number of thioether (sulfide) groups is 1. The van der Waals surface area contributed by atoms with E-state index in [-0.39, 0.29) is 25.7 Å². The number of nitrogens with one attached hydrogen (secondary N) is 3. The molecule has 1 aromatic rings. The Labute approximate surface area is 207 Å². The second-order valence-corrected chi connectivity index (χ2v) is 8.77. The van der Waals surface area contributed by atoms with Gasteiger partial charge in [-0.1, -0.05) is 30.3 Å². The lowest BCUT2D eigenvalue weighted by atomic mass is 10.1. The molecule has 13 heteroatoms. The number of amides is 4. The van der Waals surface area contributed by atoms with E-state index in [1.807, 2.05) is 0 Å². The molecule has 0 radical (unpaired) electrons. The number of aliphatic hydroxyl groups excluding tert-OH is 1. The van der Waals surface area contributed by atoms with Crippen LogP contribution in [0, 0.1) is 0 Å². The maximum Gasteiger partial charge on any atom is 0.326 e. The van der Waals surface area contributed by atoms with Gasteiger partial charge in [-0.3, -0.25) is 19.2 Å². The average molecular weight is 512 g/mol. The van der Waals surface area contributed by atoms with Crippen molar-refractivity contribution in [3.8, 4) is 0 Å². The number of primary amides is 1. The third kappa shape index (κ3) is 11.2. The molecule has 0 aliphatic heterocycles. The quantitative estimate of drug-likeness (QED) is 0.132. The predicted octanol–water partition coefficient (Wildman–Crippen LogP) is -1.89. The molecule has 0 aromatic heterocycles. The minimum Gasteiger partial charge on any atom is -0.480 e. The van der Waals surface area contributed by atoms with Crippen molar-refractivity contribution in [2.45, 2.75) is 49.9 Å². The molecule has 35 heavy (non-hydrogen) atoms. The first kappa shape index (κ1) is 29.9. The van der Waals surface area contributed by atoms with E-state index < -0.39 is 60.4 Å². The summed E-state index contributed by atoms with van der Waals surface area (Å²) in [4.78, 5) is 60.3.